The van der Waals surface area contributed by atoms with Gasteiger partial charge in [0.15, 0.2) is 0 Å². The summed E-state index contributed by atoms with van der Waals surface area (Å²) < 4.78 is 1.76. The van der Waals surface area contributed by atoms with Crippen molar-refractivity contribution in [1.82, 2.24) is 4.57 Å². The van der Waals surface area contributed by atoms with Gasteiger partial charge in [-0.1, -0.05) is 41.9 Å². The molecule has 100 valence electrons. The van der Waals surface area contributed by atoms with Crippen LogP contribution in [0.1, 0.15) is 17.3 Å². The second kappa shape index (κ2) is 4.80. The van der Waals surface area contributed by atoms with Crippen LogP contribution in [0.25, 0.3) is 22.2 Å². The summed E-state index contributed by atoms with van der Waals surface area (Å²) in [6.45, 7) is 3.61. The van der Waals surface area contributed by atoms with Crippen molar-refractivity contribution >= 4 is 28.4 Å². The highest BCUT2D eigenvalue weighted by atomic mass is 35.5. The lowest BCUT2D eigenvalue weighted by atomic mass is 10.1. The number of aromatic nitrogens is 1. The zero-order chi connectivity index (χ0) is 14.3. The van der Waals surface area contributed by atoms with E-state index in [1.807, 2.05) is 55.5 Å². The van der Waals surface area contributed by atoms with Gasteiger partial charge in [0, 0.05) is 17.3 Å². The lowest BCUT2D eigenvalue weighted by Crippen LogP contribution is -2.07. The molecule has 2 nitrogen and oxygen atoms in total. The number of carbonyl (C=O) groups excluding carboxylic acids is 1. The van der Waals surface area contributed by atoms with Crippen LogP contribution in [-0.2, 0) is 0 Å². The van der Waals surface area contributed by atoms with E-state index in [2.05, 4.69) is 0 Å². The topological polar surface area (TPSA) is 22.0 Å². The molecule has 1 aromatic heterocycles. The molecule has 0 spiro atoms. The Labute approximate surface area is 122 Å². The largest absolute Gasteiger partial charge is 0.280 e. The Morgan fingerprint density at radius 2 is 1.80 bits per heavy atom. The van der Waals surface area contributed by atoms with E-state index < -0.39 is 0 Å². The molecule has 0 aliphatic carbocycles. The Morgan fingerprint density at radius 1 is 1.10 bits per heavy atom. The van der Waals surface area contributed by atoms with E-state index in [0.29, 0.717) is 5.02 Å². The van der Waals surface area contributed by atoms with Crippen molar-refractivity contribution in [3.05, 3.63) is 59.1 Å². The molecule has 0 unspecified atom stereocenters. The number of carbonyl (C=O) groups is 1. The van der Waals surface area contributed by atoms with Crippen LogP contribution in [0.15, 0.2) is 48.5 Å². The van der Waals surface area contributed by atoms with Crippen LogP contribution in [0, 0.1) is 6.92 Å². The number of benzene rings is 2. The second-order valence-corrected chi connectivity index (χ2v) is 5.29. The third-order valence-corrected chi connectivity index (χ3v) is 3.78. The first-order chi connectivity index (χ1) is 9.59. The summed E-state index contributed by atoms with van der Waals surface area (Å²) in [6.07, 6.45) is 0. The molecular weight excluding hydrogens is 270 g/mol. The summed E-state index contributed by atoms with van der Waals surface area (Å²) in [5.41, 5.74) is 3.95. The van der Waals surface area contributed by atoms with E-state index in [9.17, 15) is 4.79 Å². The van der Waals surface area contributed by atoms with Gasteiger partial charge in [-0.3, -0.25) is 9.36 Å². The molecule has 0 saturated carbocycles. The fraction of sp³-hybridized carbons (Fsp3) is 0.118. The minimum absolute atomic E-state index is 0.00396. The molecule has 0 N–H and O–H groups in total. The highest BCUT2D eigenvalue weighted by Gasteiger charge is 2.18. The SMILES string of the molecule is CC(=O)n1c(-c2ccccc2)c(C)c2cc(Cl)ccc21. The fourth-order valence-electron chi connectivity index (χ4n) is 2.69. The number of nitrogens with zero attached hydrogens (tertiary/aromatic N) is 1. The molecule has 1 heterocycles. The van der Waals surface area contributed by atoms with Gasteiger partial charge in [-0.2, -0.15) is 0 Å². The lowest BCUT2D eigenvalue weighted by Gasteiger charge is -2.07. The average molecular weight is 284 g/mol. The van der Waals surface area contributed by atoms with Crippen molar-refractivity contribution in [2.24, 2.45) is 0 Å². The average Bonchev–Trinajstić information content (AvgIpc) is 2.73. The molecule has 0 fully saturated rings. The Kier molecular flexibility index (Phi) is 3.11. The van der Waals surface area contributed by atoms with Gasteiger partial charge in [0.05, 0.1) is 11.2 Å². The standard InChI is InChI=1S/C17H14ClNO/c1-11-15-10-14(18)8-9-16(15)19(12(2)20)17(11)13-6-4-3-5-7-13/h3-10H,1-2H3. The summed E-state index contributed by atoms with van der Waals surface area (Å²) in [7, 11) is 0. The first-order valence-electron chi connectivity index (χ1n) is 6.46. The maximum Gasteiger partial charge on any atom is 0.228 e. The quantitative estimate of drug-likeness (QED) is 0.620. The molecule has 0 amide bonds. The Morgan fingerprint density at radius 3 is 2.45 bits per heavy atom. The van der Waals surface area contributed by atoms with E-state index in [-0.39, 0.29) is 5.91 Å². The molecule has 20 heavy (non-hydrogen) atoms. The van der Waals surface area contributed by atoms with Gasteiger partial charge >= 0.3 is 0 Å². The van der Waals surface area contributed by atoms with Gasteiger partial charge in [0.2, 0.25) is 5.91 Å². The van der Waals surface area contributed by atoms with E-state index in [1.54, 1.807) is 11.5 Å². The van der Waals surface area contributed by atoms with E-state index >= 15 is 0 Å². The van der Waals surface area contributed by atoms with Gasteiger partial charge in [0.25, 0.3) is 0 Å². The number of rotatable bonds is 1. The summed E-state index contributed by atoms with van der Waals surface area (Å²) in [5, 5.41) is 1.70. The third kappa shape index (κ3) is 1.93. The second-order valence-electron chi connectivity index (χ2n) is 4.86. The first-order valence-corrected chi connectivity index (χ1v) is 6.84. The maximum atomic E-state index is 12.1. The van der Waals surface area contributed by atoms with Crippen LogP contribution >= 0.6 is 11.6 Å². The Hall–Kier alpha value is -2.06. The Balaban J connectivity index is 2.45. The number of aryl methyl sites for hydroxylation is 1. The highest BCUT2D eigenvalue weighted by Crippen LogP contribution is 2.34. The smallest absolute Gasteiger partial charge is 0.228 e. The van der Waals surface area contributed by atoms with E-state index in [4.69, 9.17) is 11.6 Å². The minimum Gasteiger partial charge on any atom is -0.280 e. The van der Waals surface area contributed by atoms with E-state index in [0.717, 1.165) is 27.7 Å². The predicted molar refractivity (Wildman–Crippen MR) is 83.4 cm³/mol. The molecule has 3 rings (SSSR count). The van der Waals surface area contributed by atoms with Crippen molar-refractivity contribution < 1.29 is 4.79 Å². The maximum absolute atomic E-state index is 12.1. The molecule has 0 radical (unpaired) electrons. The van der Waals surface area contributed by atoms with Gasteiger partial charge in [-0.25, -0.2) is 0 Å². The normalized spacial score (nSPS) is 10.9. The van der Waals surface area contributed by atoms with Crippen molar-refractivity contribution in [3.8, 4) is 11.3 Å². The van der Waals surface area contributed by atoms with Gasteiger partial charge in [-0.15, -0.1) is 0 Å². The molecule has 3 heteroatoms. The summed E-state index contributed by atoms with van der Waals surface area (Å²) >= 11 is 6.08. The summed E-state index contributed by atoms with van der Waals surface area (Å²) in [5.74, 6) is 0.00396. The fourth-order valence-corrected chi connectivity index (χ4v) is 2.86. The van der Waals surface area contributed by atoms with Crippen molar-refractivity contribution in [1.29, 1.82) is 0 Å². The molecule has 2 aromatic carbocycles. The molecule has 0 aliphatic heterocycles. The monoisotopic (exact) mass is 283 g/mol. The summed E-state index contributed by atoms with van der Waals surface area (Å²) in [6, 6.07) is 15.6. The number of hydrogen-bond donors (Lipinski definition) is 0. The summed E-state index contributed by atoms with van der Waals surface area (Å²) in [4.78, 5) is 12.1. The van der Waals surface area contributed by atoms with Crippen LogP contribution in [-0.4, -0.2) is 10.5 Å². The van der Waals surface area contributed by atoms with Crippen molar-refractivity contribution in [2.75, 3.05) is 0 Å². The van der Waals surface area contributed by atoms with Crippen LogP contribution in [0.5, 0.6) is 0 Å². The van der Waals surface area contributed by atoms with Crippen LogP contribution in [0.3, 0.4) is 0 Å². The zero-order valence-electron chi connectivity index (χ0n) is 11.4. The molecular formula is C17H14ClNO. The number of hydrogen-bond acceptors (Lipinski definition) is 1. The van der Waals surface area contributed by atoms with Crippen LogP contribution in [0.2, 0.25) is 5.02 Å². The Bertz CT molecular complexity index is 803. The van der Waals surface area contributed by atoms with Crippen LogP contribution in [0.4, 0.5) is 0 Å². The van der Waals surface area contributed by atoms with Crippen molar-refractivity contribution in [2.45, 2.75) is 13.8 Å². The van der Waals surface area contributed by atoms with Crippen molar-refractivity contribution in [3.63, 3.8) is 0 Å². The third-order valence-electron chi connectivity index (χ3n) is 3.54. The first kappa shape index (κ1) is 12.9. The molecule has 0 saturated heterocycles. The minimum atomic E-state index is 0.00396. The van der Waals surface area contributed by atoms with Gasteiger partial charge in [0.1, 0.15) is 0 Å². The molecule has 0 bridgehead atoms. The lowest BCUT2D eigenvalue weighted by molar-refractivity contribution is 0.0943. The number of fused-ring (bicyclic) bond motifs is 1. The van der Waals surface area contributed by atoms with Gasteiger partial charge < -0.3 is 0 Å². The molecule has 3 aromatic rings. The zero-order valence-corrected chi connectivity index (χ0v) is 12.1. The predicted octanol–water partition coefficient (Wildman–Crippen LogP) is 4.93. The van der Waals surface area contributed by atoms with Gasteiger partial charge in [-0.05, 0) is 36.2 Å². The molecule has 0 aliphatic rings. The number of halogens is 1. The highest BCUT2D eigenvalue weighted by molar-refractivity contribution is 6.31. The molecule has 0 atom stereocenters. The van der Waals surface area contributed by atoms with E-state index in [1.165, 1.54) is 0 Å². The van der Waals surface area contributed by atoms with Crippen LogP contribution < -0.4 is 0 Å².